The molecular formula is C29H41NO4. The molecule has 0 amide bonds. The topological polar surface area (TPSA) is 55.8 Å². The van der Waals surface area contributed by atoms with Gasteiger partial charge in [-0.05, 0) is 73.3 Å². The number of fused-ring (bicyclic) bond motifs is 3. The van der Waals surface area contributed by atoms with Gasteiger partial charge in [0.2, 0.25) is 0 Å². The van der Waals surface area contributed by atoms with Gasteiger partial charge in [0.15, 0.2) is 6.61 Å². The predicted molar refractivity (Wildman–Crippen MR) is 133 cm³/mol. The fourth-order valence-electron chi connectivity index (χ4n) is 7.03. The second-order valence-electron chi connectivity index (χ2n) is 11.4. The van der Waals surface area contributed by atoms with E-state index in [4.69, 9.17) is 9.47 Å². The summed E-state index contributed by atoms with van der Waals surface area (Å²) in [6.45, 7) is 13.0. The number of morpholine rings is 1. The zero-order valence-electron chi connectivity index (χ0n) is 21.5. The maximum absolute atomic E-state index is 13.4. The predicted octanol–water partition coefficient (Wildman–Crippen LogP) is 4.57. The van der Waals surface area contributed by atoms with Crippen molar-refractivity contribution < 1.29 is 19.1 Å². The standard InChI is InChI=1S/C29H41NO4/c1-21(2)22-8-9-25-24(18-22)23(20-31)19-26-28(25,3)10-7-11-29(26,4)27(32)34-15-6-5-12-30-13-16-33-17-14-30/h18,20-21,25-26H,7-17,19H2,1-4H3/t25-,26+,28+,29+/m0/s1. The lowest BCUT2D eigenvalue weighted by Crippen LogP contribution is -2.54. The summed E-state index contributed by atoms with van der Waals surface area (Å²) in [5.41, 5.74) is 3.02. The van der Waals surface area contributed by atoms with Crippen molar-refractivity contribution in [3.63, 3.8) is 0 Å². The minimum atomic E-state index is -0.583. The van der Waals surface area contributed by atoms with E-state index in [1.54, 1.807) is 0 Å². The van der Waals surface area contributed by atoms with Gasteiger partial charge < -0.3 is 9.47 Å². The zero-order valence-corrected chi connectivity index (χ0v) is 21.5. The number of esters is 1. The summed E-state index contributed by atoms with van der Waals surface area (Å²) in [7, 11) is 0. The molecular weight excluding hydrogens is 426 g/mol. The summed E-state index contributed by atoms with van der Waals surface area (Å²) in [5.74, 6) is 6.99. The Morgan fingerprint density at radius 1 is 1.26 bits per heavy atom. The number of ether oxygens (including phenoxy) is 2. The van der Waals surface area contributed by atoms with Crippen molar-refractivity contribution in [1.82, 2.24) is 4.90 Å². The lowest BCUT2D eigenvalue weighted by atomic mass is 9.46. The highest BCUT2D eigenvalue weighted by Crippen LogP contribution is 2.63. The van der Waals surface area contributed by atoms with Crippen LogP contribution in [0.3, 0.4) is 0 Å². The van der Waals surface area contributed by atoms with Crippen LogP contribution in [0.15, 0.2) is 22.8 Å². The lowest BCUT2D eigenvalue weighted by Gasteiger charge is -2.58. The van der Waals surface area contributed by atoms with Gasteiger partial charge in [0.05, 0.1) is 25.2 Å². The van der Waals surface area contributed by atoms with E-state index < -0.39 is 5.41 Å². The lowest BCUT2D eigenvalue weighted by molar-refractivity contribution is -0.168. The molecule has 4 atom stereocenters. The van der Waals surface area contributed by atoms with Crippen LogP contribution in [0.4, 0.5) is 0 Å². The number of rotatable bonds is 5. The second kappa shape index (κ2) is 10.4. The number of aldehydes is 1. The van der Waals surface area contributed by atoms with Gasteiger partial charge in [-0.25, -0.2) is 0 Å². The van der Waals surface area contributed by atoms with E-state index in [1.807, 2.05) is 0 Å². The molecule has 186 valence electrons. The van der Waals surface area contributed by atoms with Gasteiger partial charge in [-0.3, -0.25) is 14.5 Å². The first-order valence-corrected chi connectivity index (χ1v) is 13.1. The van der Waals surface area contributed by atoms with Crippen molar-refractivity contribution in [3.8, 4) is 11.8 Å². The number of allylic oxidation sites excluding steroid dienone is 4. The van der Waals surface area contributed by atoms with Crippen molar-refractivity contribution in [2.75, 3.05) is 39.5 Å². The normalized spacial score (nSPS) is 33.9. The fraction of sp³-hybridized carbons (Fsp3) is 0.724. The first kappa shape index (κ1) is 25.2. The summed E-state index contributed by atoms with van der Waals surface area (Å²) in [4.78, 5) is 27.9. The third-order valence-electron chi connectivity index (χ3n) is 9.16. The summed E-state index contributed by atoms with van der Waals surface area (Å²) in [6, 6.07) is 0. The Kier molecular flexibility index (Phi) is 7.69. The van der Waals surface area contributed by atoms with Gasteiger partial charge in [0.1, 0.15) is 6.29 Å². The first-order valence-electron chi connectivity index (χ1n) is 13.1. The van der Waals surface area contributed by atoms with Crippen LogP contribution < -0.4 is 0 Å². The number of hydrogen-bond donors (Lipinski definition) is 0. The number of hydrogen-bond acceptors (Lipinski definition) is 5. The average molecular weight is 468 g/mol. The van der Waals surface area contributed by atoms with Crippen molar-refractivity contribution in [2.24, 2.45) is 28.6 Å². The SMILES string of the molecule is CC(C)C1=CC2=C(C=O)C[C@@H]3[C@](C)(CCC[C@@]3(C)C(=O)OCC#CCN3CCOCC3)[C@H]2CC1. The largest absolute Gasteiger partial charge is 0.452 e. The second-order valence-corrected chi connectivity index (χ2v) is 11.4. The maximum Gasteiger partial charge on any atom is 0.313 e. The Balaban J connectivity index is 1.49. The Labute approximate surface area is 205 Å². The molecule has 1 heterocycles. The van der Waals surface area contributed by atoms with Crippen molar-refractivity contribution in [3.05, 3.63) is 22.8 Å². The Morgan fingerprint density at radius 3 is 2.74 bits per heavy atom. The quantitative estimate of drug-likeness (QED) is 0.337. The van der Waals surface area contributed by atoms with Gasteiger partial charge in [0.25, 0.3) is 0 Å². The average Bonchev–Trinajstić information content (AvgIpc) is 2.84. The van der Waals surface area contributed by atoms with Crippen molar-refractivity contribution in [1.29, 1.82) is 0 Å². The Hall–Kier alpha value is -1.90. The maximum atomic E-state index is 13.4. The van der Waals surface area contributed by atoms with Gasteiger partial charge in [-0.1, -0.05) is 50.7 Å². The van der Waals surface area contributed by atoms with Gasteiger partial charge >= 0.3 is 5.97 Å². The van der Waals surface area contributed by atoms with E-state index in [0.29, 0.717) is 24.8 Å². The van der Waals surface area contributed by atoms with Gasteiger partial charge in [-0.2, -0.15) is 0 Å². The molecule has 4 aliphatic rings. The summed E-state index contributed by atoms with van der Waals surface area (Å²) in [6.07, 6.45) is 9.13. The Morgan fingerprint density at radius 2 is 2.03 bits per heavy atom. The molecule has 1 saturated carbocycles. The molecule has 0 aromatic heterocycles. The molecule has 0 N–H and O–H groups in total. The molecule has 5 heteroatoms. The van der Waals surface area contributed by atoms with E-state index in [-0.39, 0.29) is 23.9 Å². The van der Waals surface area contributed by atoms with Gasteiger partial charge in [0, 0.05) is 13.1 Å². The third-order valence-corrected chi connectivity index (χ3v) is 9.16. The van der Waals surface area contributed by atoms with E-state index in [9.17, 15) is 9.59 Å². The number of carbonyl (C=O) groups is 2. The third kappa shape index (κ3) is 4.77. The molecule has 0 aromatic carbocycles. The molecule has 0 radical (unpaired) electrons. The highest BCUT2D eigenvalue weighted by molar-refractivity contribution is 5.80. The monoisotopic (exact) mass is 467 g/mol. The number of nitrogens with zero attached hydrogens (tertiary/aromatic N) is 1. The van der Waals surface area contributed by atoms with Crippen LogP contribution in [0.25, 0.3) is 0 Å². The molecule has 3 aliphatic carbocycles. The van der Waals surface area contributed by atoms with Crippen LogP contribution >= 0.6 is 0 Å². The van der Waals surface area contributed by atoms with E-state index >= 15 is 0 Å². The van der Waals surface area contributed by atoms with Crippen LogP contribution in [0, 0.1) is 40.4 Å². The summed E-state index contributed by atoms with van der Waals surface area (Å²) in [5, 5.41) is 0. The summed E-state index contributed by atoms with van der Waals surface area (Å²) >= 11 is 0. The smallest absolute Gasteiger partial charge is 0.313 e. The first-order chi connectivity index (χ1) is 16.3. The minimum Gasteiger partial charge on any atom is -0.452 e. The van der Waals surface area contributed by atoms with E-state index in [1.165, 1.54) is 11.1 Å². The molecule has 34 heavy (non-hydrogen) atoms. The highest BCUT2D eigenvalue weighted by Gasteiger charge is 2.58. The molecule has 5 nitrogen and oxygen atoms in total. The van der Waals surface area contributed by atoms with Crippen LogP contribution in [-0.4, -0.2) is 56.6 Å². The molecule has 2 fully saturated rings. The molecule has 0 spiro atoms. The van der Waals surface area contributed by atoms with Crippen LogP contribution in [-0.2, 0) is 19.1 Å². The van der Waals surface area contributed by atoms with E-state index in [0.717, 1.165) is 70.3 Å². The van der Waals surface area contributed by atoms with Crippen LogP contribution in [0.5, 0.6) is 0 Å². The van der Waals surface area contributed by atoms with E-state index in [2.05, 4.69) is 50.5 Å². The molecule has 0 bridgehead atoms. The van der Waals surface area contributed by atoms with Crippen LogP contribution in [0.2, 0.25) is 0 Å². The molecule has 4 rings (SSSR count). The van der Waals surface area contributed by atoms with Crippen LogP contribution in [0.1, 0.15) is 66.2 Å². The van der Waals surface area contributed by atoms with Crippen molar-refractivity contribution >= 4 is 12.3 Å². The Bertz CT molecular complexity index is 916. The van der Waals surface area contributed by atoms with Gasteiger partial charge in [-0.15, -0.1) is 0 Å². The zero-order chi connectivity index (χ0) is 24.3. The molecule has 1 saturated heterocycles. The molecule has 1 aliphatic heterocycles. The fourth-order valence-corrected chi connectivity index (χ4v) is 7.03. The molecule has 0 aromatic rings. The van der Waals surface area contributed by atoms with Crippen molar-refractivity contribution in [2.45, 2.75) is 66.2 Å². The highest BCUT2D eigenvalue weighted by atomic mass is 16.5. The number of carbonyl (C=O) groups excluding carboxylic acids is 2. The summed E-state index contributed by atoms with van der Waals surface area (Å²) < 4.78 is 11.1. The minimum absolute atomic E-state index is 0.00881. The molecule has 0 unspecified atom stereocenters.